The number of hydrogen-bond donors (Lipinski definition) is 0. The summed E-state index contributed by atoms with van der Waals surface area (Å²) in [4.78, 5) is 0. The zero-order valence-electron chi connectivity index (χ0n) is 9.58. The van der Waals surface area contributed by atoms with Crippen molar-refractivity contribution in [3.05, 3.63) is 47.5 Å². The fourth-order valence-corrected chi connectivity index (χ4v) is 2.33. The molecule has 0 N–H and O–H groups in total. The largest absolute Gasteiger partial charge is 0.456 e. The molecule has 0 bridgehead atoms. The first kappa shape index (κ1) is 9.46. The van der Waals surface area contributed by atoms with Crippen molar-refractivity contribution in [3.63, 3.8) is 0 Å². The second-order valence-corrected chi connectivity index (χ2v) is 4.20. The predicted molar refractivity (Wildman–Crippen MR) is 67.8 cm³/mol. The van der Waals surface area contributed by atoms with Gasteiger partial charge in [-0.05, 0) is 30.5 Å². The SMILES string of the molecule is CCc1ccc(C)c2c1oc1ccccc12. The van der Waals surface area contributed by atoms with Gasteiger partial charge in [0.1, 0.15) is 11.2 Å². The summed E-state index contributed by atoms with van der Waals surface area (Å²) in [7, 11) is 0. The first-order chi connectivity index (χ1) is 7.81. The number of benzene rings is 2. The molecule has 0 saturated carbocycles. The van der Waals surface area contributed by atoms with Crippen molar-refractivity contribution >= 4 is 21.9 Å². The summed E-state index contributed by atoms with van der Waals surface area (Å²) in [6, 6.07) is 12.6. The van der Waals surface area contributed by atoms with Gasteiger partial charge in [-0.25, -0.2) is 0 Å². The monoisotopic (exact) mass is 210 g/mol. The van der Waals surface area contributed by atoms with E-state index in [-0.39, 0.29) is 0 Å². The Balaban J connectivity index is 2.58. The molecule has 3 aromatic rings. The molecule has 80 valence electrons. The lowest BCUT2D eigenvalue weighted by Crippen LogP contribution is -1.82. The lowest BCUT2D eigenvalue weighted by molar-refractivity contribution is 0.663. The van der Waals surface area contributed by atoms with Crippen LogP contribution in [0.3, 0.4) is 0 Å². The Hall–Kier alpha value is -1.76. The Morgan fingerprint density at radius 2 is 1.88 bits per heavy atom. The molecule has 0 aliphatic rings. The van der Waals surface area contributed by atoms with Crippen LogP contribution < -0.4 is 0 Å². The molecule has 0 fully saturated rings. The van der Waals surface area contributed by atoms with Gasteiger partial charge in [0.05, 0.1) is 0 Å². The van der Waals surface area contributed by atoms with Crippen LogP contribution >= 0.6 is 0 Å². The van der Waals surface area contributed by atoms with Crippen molar-refractivity contribution in [2.75, 3.05) is 0 Å². The van der Waals surface area contributed by atoms with Gasteiger partial charge in [-0.15, -0.1) is 0 Å². The van der Waals surface area contributed by atoms with Crippen LogP contribution in [0.15, 0.2) is 40.8 Å². The van der Waals surface area contributed by atoms with E-state index in [0.29, 0.717) is 0 Å². The molecule has 0 amide bonds. The van der Waals surface area contributed by atoms with Crippen LogP contribution in [0.5, 0.6) is 0 Å². The summed E-state index contributed by atoms with van der Waals surface area (Å²) in [6.45, 7) is 4.31. The Bertz CT molecular complexity index is 662. The Morgan fingerprint density at radius 3 is 2.69 bits per heavy atom. The van der Waals surface area contributed by atoms with Gasteiger partial charge < -0.3 is 4.42 Å². The molecule has 1 aromatic heterocycles. The highest BCUT2D eigenvalue weighted by atomic mass is 16.3. The molecular weight excluding hydrogens is 196 g/mol. The fourth-order valence-electron chi connectivity index (χ4n) is 2.33. The number of aryl methyl sites for hydroxylation is 2. The van der Waals surface area contributed by atoms with Crippen LogP contribution in [0, 0.1) is 6.92 Å². The zero-order chi connectivity index (χ0) is 11.1. The van der Waals surface area contributed by atoms with Crippen molar-refractivity contribution < 1.29 is 4.42 Å². The fraction of sp³-hybridized carbons (Fsp3) is 0.200. The Labute approximate surface area is 94.7 Å². The Morgan fingerprint density at radius 1 is 1.06 bits per heavy atom. The van der Waals surface area contributed by atoms with E-state index in [2.05, 4.69) is 38.1 Å². The van der Waals surface area contributed by atoms with Gasteiger partial charge in [-0.3, -0.25) is 0 Å². The van der Waals surface area contributed by atoms with Gasteiger partial charge in [0, 0.05) is 10.8 Å². The van der Waals surface area contributed by atoms with Gasteiger partial charge >= 0.3 is 0 Å². The summed E-state index contributed by atoms with van der Waals surface area (Å²) in [5, 5.41) is 2.50. The standard InChI is InChI=1S/C15H14O/c1-3-11-9-8-10(2)14-12-6-4-5-7-13(12)16-15(11)14/h4-9H,3H2,1-2H3. The van der Waals surface area contributed by atoms with E-state index in [4.69, 9.17) is 4.42 Å². The molecule has 16 heavy (non-hydrogen) atoms. The van der Waals surface area contributed by atoms with Crippen molar-refractivity contribution in [2.24, 2.45) is 0 Å². The molecule has 0 spiro atoms. The van der Waals surface area contributed by atoms with Crippen LogP contribution in [0.4, 0.5) is 0 Å². The lowest BCUT2D eigenvalue weighted by Gasteiger charge is -2.00. The van der Waals surface area contributed by atoms with Crippen LogP contribution in [0.25, 0.3) is 21.9 Å². The molecule has 1 nitrogen and oxygen atoms in total. The topological polar surface area (TPSA) is 13.1 Å². The van der Waals surface area contributed by atoms with E-state index in [9.17, 15) is 0 Å². The van der Waals surface area contributed by atoms with Gasteiger partial charge in [0.25, 0.3) is 0 Å². The summed E-state index contributed by atoms with van der Waals surface area (Å²) < 4.78 is 5.96. The van der Waals surface area contributed by atoms with Crippen LogP contribution in [0.2, 0.25) is 0 Å². The maximum atomic E-state index is 5.96. The molecule has 0 saturated heterocycles. The number of para-hydroxylation sites is 1. The minimum Gasteiger partial charge on any atom is -0.456 e. The van der Waals surface area contributed by atoms with E-state index >= 15 is 0 Å². The lowest BCUT2D eigenvalue weighted by atomic mass is 10.0. The highest BCUT2D eigenvalue weighted by Gasteiger charge is 2.11. The van der Waals surface area contributed by atoms with E-state index in [1.807, 2.05) is 12.1 Å². The molecule has 0 radical (unpaired) electrons. The third-order valence-electron chi connectivity index (χ3n) is 3.20. The molecule has 0 unspecified atom stereocenters. The van der Waals surface area contributed by atoms with E-state index in [1.165, 1.54) is 21.9 Å². The summed E-state index contributed by atoms with van der Waals surface area (Å²) in [5.41, 5.74) is 4.62. The average molecular weight is 210 g/mol. The molecule has 1 heterocycles. The van der Waals surface area contributed by atoms with Gasteiger partial charge in [0.2, 0.25) is 0 Å². The minimum absolute atomic E-state index is 0.988. The van der Waals surface area contributed by atoms with Gasteiger partial charge in [-0.2, -0.15) is 0 Å². The second kappa shape index (κ2) is 3.38. The van der Waals surface area contributed by atoms with Crippen LogP contribution in [0.1, 0.15) is 18.1 Å². The summed E-state index contributed by atoms with van der Waals surface area (Å²) >= 11 is 0. The molecular formula is C15H14O. The number of rotatable bonds is 1. The molecule has 0 aliphatic heterocycles. The number of furan rings is 1. The predicted octanol–water partition coefficient (Wildman–Crippen LogP) is 4.46. The number of hydrogen-bond acceptors (Lipinski definition) is 1. The average Bonchev–Trinajstić information content (AvgIpc) is 2.69. The summed E-state index contributed by atoms with van der Waals surface area (Å²) in [5.74, 6) is 0. The van der Waals surface area contributed by atoms with Crippen molar-refractivity contribution in [3.8, 4) is 0 Å². The number of fused-ring (bicyclic) bond motifs is 3. The smallest absolute Gasteiger partial charge is 0.138 e. The Kier molecular flexibility index (Phi) is 2.00. The second-order valence-electron chi connectivity index (χ2n) is 4.20. The van der Waals surface area contributed by atoms with E-state index in [1.54, 1.807) is 0 Å². The molecule has 2 aromatic carbocycles. The quantitative estimate of drug-likeness (QED) is 0.578. The first-order valence-corrected chi connectivity index (χ1v) is 5.71. The van der Waals surface area contributed by atoms with Crippen LogP contribution in [-0.2, 0) is 6.42 Å². The van der Waals surface area contributed by atoms with Gasteiger partial charge in [-0.1, -0.05) is 37.3 Å². The zero-order valence-corrected chi connectivity index (χ0v) is 9.58. The van der Waals surface area contributed by atoms with E-state index < -0.39 is 0 Å². The first-order valence-electron chi connectivity index (χ1n) is 5.71. The highest BCUT2D eigenvalue weighted by Crippen LogP contribution is 2.33. The minimum atomic E-state index is 0.988. The van der Waals surface area contributed by atoms with E-state index in [0.717, 1.165) is 17.6 Å². The molecule has 0 atom stereocenters. The summed E-state index contributed by atoms with van der Waals surface area (Å²) in [6.07, 6.45) is 1.01. The maximum Gasteiger partial charge on any atom is 0.138 e. The van der Waals surface area contributed by atoms with Gasteiger partial charge in [0.15, 0.2) is 0 Å². The highest BCUT2D eigenvalue weighted by molar-refractivity contribution is 6.07. The molecule has 1 heteroatoms. The molecule has 0 aliphatic carbocycles. The normalized spacial score (nSPS) is 11.4. The third kappa shape index (κ3) is 1.18. The van der Waals surface area contributed by atoms with Crippen LogP contribution in [-0.4, -0.2) is 0 Å². The maximum absolute atomic E-state index is 5.96. The molecule has 3 rings (SSSR count). The third-order valence-corrected chi connectivity index (χ3v) is 3.20. The van der Waals surface area contributed by atoms with Crippen molar-refractivity contribution in [1.29, 1.82) is 0 Å². The van der Waals surface area contributed by atoms with Crippen molar-refractivity contribution in [1.82, 2.24) is 0 Å². The van der Waals surface area contributed by atoms with Crippen molar-refractivity contribution in [2.45, 2.75) is 20.3 Å².